The van der Waals surface area contributed by atoms with E-state index in [1.165, 1.54) is 11.1 Å². The minimum absolute atomic E-state index is 0.728. The number of rotatable bonds is 0. The van der Waals surface area contributed by atoms with Crippen LogP contribution < -0.4 is 5.32 Å². The molecule has 1 nitrogen and oxygen atoms in total. The summed E-state index contributed by atoms with van der Waals surface area (Å²) in [4.78, 5) is 0. The topological polar surface area (TPSA) is 21.9 Å². The number of benzene rings is 2. The first-order valence-corrected chi connectivity index (χ1v) is 6.39. The van der Waals surface area contributed by atoms with Crippen LogP contribution in [0, 0.1) is 0 Å². The van der Waals surface area contributed by atoms with Crippen LogP contribution in [0.4, 0.5) is 0 Å². The van der Waals surface area contributed by atoms with Gasteiger partial charge in [-0.2, -0.15) is 0 Å². The summed E-state index contributed by atoms with van der Waals surface area (Å²) in [5.74, 6) is 1.46. The molecule has 2 aliphatic carbocycles. The lowest BCUT2D eigenvalue weighted by Crippen LogP contribution is -2.35. The molecule has 3 aliphatic rings. The van der Waals surface area contributed by atoms with E-state index in [9.17, 15) is 0 Å². The number of nitrogens with one attached hydrogen (secondary N) is 1. The quantitative estimate of drug-likeness (QED) is 0.676. The monoisotopic (exact) mass is 219 g/mol. The van der Waals surface area contributed by atoms with Gasteiger partial charge in [-0.25, -0.2) is 0 Å². The highest BCUT2D eigenvalue weighted by atomic mass is 15.2. The van der Waals surface area contributed by atoms with Crippen LogP contribution in [0.2, 0.25) is 0 Å². The molecule has 1 heteroatoms. The lowest BCUT2D eigenvalue weighted by molar-refractivity contribution is 0.424. The first kappa shape index (κ1) is 8.48. The van der Waals surface area contributed by atoms with Crippen LogP contribution >= 0.6 is 0 Å². The standard InChI is InChI=1S/C16H13N/c1-3-7-11-9(5-1)10-6-2-4-8-12(10)14-13(11)15-16(14)17-15/h1-8,13-17H. The van der Waals surface area contributed by atoms with Gasteiger partial charge in [0.05, 0.1) is 0 Å². The Morgan fingerprint density at radius 3 is 1.65 bits per heavy atom. The molecule has 2 fully saturated rings. The summed E-state index contributed by atoms with van der Waals surface area (Å²) < 4.78 is 0. The third-order valence-corrected chi connectivity index (χ3v) is 4.75. The Balaban J connectivity index is 1.86. The number of hydrogen-bond acceptors (Lipinski definition) is 1. The van der Waals surface area contributed by atoms with E-state index >= 15 is 0 Å². The van der Waals surface area contributed by atoms with E-state index in [4.69, 9.17) is 0 Å². The van der Waals surface area contributed by atoms with Crippen molar-refractivity contribution in [3.05, 3.63) is 59.7 Å². The number of fused-ring (bicyclic) bond motifs is 9. The molecule has 4 atom stereocenters. The molecule has 0 spiro atoms. The van der Waals surface area contributed by atoms with Gasteiger partial charge in [0.25, 0.3) is 0 Å². The minimum Gasteiger partial charge on any atom is -0.307 e. The maximum absolute atomic E-state index is 3.63. The Labute approximate surface area is 100 Å². The van der Waals surface area contributed by atoms with E-state index in [0.29, 0.717) is 0 Å². The molecule has 1 saturated heterocycles. The predicted octanol–water partition coefficient (Wildman–Crippen LogP) is 2.89. The molecule has 0 radical (unpaired) electrons. The minimum atomic E-state index is 0.728. The van der Waals surface area contributed by atoms with Crippen LogP contribution in [0.5, 0.6) is 0 Å². The normalized spacial score (nSPS) is 34.8. The first-order chi connectivity index (χ1) is 8.45. The lowest BCUT2D eigenvalue weighted by atomic mass is 9.61. The van der Waals surface area contributed by atoms with Crippen molar-refractivity contribution in [2.45, 2.75) is 23.9 Å². The Morgan fingerprint density at radius 2 is 1.12 bits per heavy atom. The molecule has 0 amide bonds. The van der Waals surface area contributed by atoms with E-state index in [1.54, 1.807) is 11.1 Å². The average Bonchev–Trinajstić information content (AvgIpc) is 3.06. The van der Waals surface area contributed by atoms with Crippen molar-refractivity contribution in [3.63, 3.8) is 0 Å². The molecular weight excluding hydrogens is 206 g/mol. The second kappa shape index (κ2) is 2.62. The highest BCUT2D eigenvalue weighted by Crippen LogP contribution is 2.62. The van der Waals surface area contributed by atoms with Crippen molar-refractivity contribution in [3.8, 4) is 11.1 Å². The molecule has 5 rings (SSSR count). The average molecular weight is 219 g/mol. The van der Waals surface area contributed by atoms with Crippen LogP contribution in [-0.2, 0) is 0 Å². The highest BCUT2D eigenvalue weighted by Gasteiger charge is 2.64. The molecule has 1 heterocycles. The smallest absolute Gasteiger partial charge is 0.0306 e. The van der Waals surface area contributed by atoms with E-state index in [2.05, 4.69) is 53.8 Å². The molecule has 1 aliphatic heterocycles. The molecule has 82 valence electrons. The van der Waals surface area contributed by atoms with E-state index < -0.39 is 0 Å². The summed E-state index contributed by atoms with van der Waals surface area (Å²) in [6, 6.07) is 19.4. The summed E-state index contributed by atoms with van der Waals surface area (Å²) in [6.07, 6.45) is 0. The molecule has 17 heavy (non-hydrogen) atoms. The van der Waals surface area contributed by atoms with Crippen molar-refractivity contribution in [2.75, 3.05) is 0 Å². The molecule has 2 aromatic rings. The molecule has 4 unspecified atom stereocenters. The fourth-order valence-electron chi connectivity index (χ4n) is 3.96. The summed E-state index contributed by atoms with van der Waals surface area (Å²) in [6.45, 7) is 0. The van der Waals surface area contributed by atoms with E-state index in [-0.39, 0.29) is 0 Å². The van der Waals surface area contributed by atoms with Crippen molar-refractivity contribution in [2.24, 2.45) is 0 Å². The molecule has 1 saturated carbocycles. The fourth-order valence-corrected chi connectivity index (χ4v) is 3.96. The maximum atomic E-state index is 3.63. The molecule has 0 bridgehead atoms. The van der Waals surface area contributed by atoms with Gasteiger partial charge >= 0.3 is 0 Å². The number of hydrogen-bond donors (Lipinski definition) is 1. The van der Waals surface area contributed by atoms with Crippen molar-refractivity contribution in [1.29, 1.82) is 0 Å². The third kappa shape index (κ3) is 0.872. The predicted molar refractivity (Wildman–Crippen MR) is 68.1 cm³/mol. The van der Waals surface area contributed by atoms with Gasteiger partial charge in [-0.15, -0.1) is 0 Å². The van der Waals surface area contributed by atoms with Crippen LogP contribution in [-0.4, -0.2) is 12.1 Å². The van der Waals surface area contributed by atoms with Crippen molar-refractivity contribution >= 4 is 0 Å². The van der Waals surface area contributed by atoms with Crippen molar-refractivity contribution in [1.82, 2.24) is 5.32 Å². The maximum Gasteiger partial charge on any atom is 0.0306 e. The van der Waals surface area contributed by atoms with Crippen LogP contribution in [0.1, 0.15) is 23.0 Å². The second-order valence-electron chi connectivity index (χ2n) is 5.44. The Morgan fingerprint density at radius 1 is 0.647 bits per heavy atom. The van der Waals surface area contributed by atoms with E-state index in [0.717, 1.165) is 23.9 Å². The summed E-state index contributed by atoms with van der Waals surface area (Å²) >= 11 is 0. The summed E-state index contributed by atoms with van der Waals surface area (Å²) in [7, 11) is 0. The fraction of sp³-hybridized carbons (Fsp3) is 0.250. The lowest BCUT2D eigenvalue weighted by Gasteiger charge is -2.41. The third-order valence-electron chi connectivity index (χ3n) is 4.75. The SMILES string of the molecule is c1ccc2c(c1)-c1ccccc1C1C3NC3C21. The van der Waals surface area contributed by atoms with Gasteiger partial charge in [0.1, 0.15) is 0 Å². The Kier molecular flexibility index (Phi) is 1.31. The summed E-state index contributed by atoms with van der Waals surface area (Å²) in [5.41, 5.74) is 6.03. The van der Waals surface area contributed by atoms with Crippen LogP contribution in [0.15, 0.2) is 48.5 Å². The van der Waals surface area contributed by atoms with Gasteiger partial charge < -0.3 is 5.32 Å². The Hall–Kier alpha value is -1.60. The van der Waals surface area contributed by atoms with Crippen LogP contribution in [0.3, 0.4) is 0 Å². The molecule has 0 aromatic heterocycles. The highest BCUT2D eigenvalue weighted by molar-refractivity contribution is 5.77. The van der Waals surface area contributed by atoms with Crippen LogP contribution in [0.25, 0.3) is 11.1 Å². The van der Waals surface area contributed by atoms with Gasteiger partial charge in [-0.1, -0.05) is 48.5 Å². The van der Waals surface area contributed by atoms with Gasteiger partial charge in [-0.05, 0) is 22.3 Å². The largest absolute Gasteiger partial charge is 0.307 e. The van der Waals surface area contributed by atoms with Gasteiger partial charge in [0.15, 0.2) is 0 Å². The zero-order valence-corrected chi connectivity index (χ0v) is 9.43. The summed E-state index contributed by atoms with van der Waals surface area (Å²) in [5, 5.41) is 3.63. The zero-order chi connectivity index (χ0) is 11.0. The zero-order valence-electron chi connectivity index (χ0n) is 9.43. The molecule has 2 aromatic carbocycles. The molecular formula is C16H13N. The second-order valence-corrected chi connectivity index (χ2v) is 5.44. The first-order valence-electron chi connectivity index (χ1n) is 6.39. The molecule has 1 N–H and O–H groups in total. The Bertz CT molecular complexity index is 575. The van der Waals surface area contributed by atoms with Gasteiger partial charge in [-0.3, -0.25) is 0 Å². The van der Waals surface area contributed by atoms with Crippen molar-refractivity contribution < 1.29 is 0 Å². The van der Waals surface area contributed by atoms with Gasteiger partial charge in [0.2, 0.25) is 0 Å². The van der Waals surface area contributed by atoms with Gasteiger partial charge in [0, 0.05) is 23.9 Å². The van der Waals surface area contributed by atoms with E-state index in [1.807, 2.05) is 0 Å².